The normalized spacial score (nSPS) is 26.0. The van der Waals surface area contributed by atoms with E-state index in [4.69, 9.17) is 0 Å². The van der Waals surface area contributed by atoms with Crippen molar-refractivity contribution in [3.8, 4) is 0 Å². The minimum Gasteiger partial charge on any atom is -0.333 e. The summed E-state index contributed by atoms with van der Waals surface area (Å²) in [6, 6.07) is 6.28. The van der Waals surface area contributed by atoms with Crippen LogP contribution in [0.25, 0.3) is 11.0 Å². The third-order valence-corrected chi connectivity index (χ3v) is 4.43. The van der Waals surface area contributed by atoms with Crippen molar-refractivity contribution in [1.29, 1.82) is 0 Å². The van der Waals surface area contributed by atoms with E-state index in [1.807, 2.05) is 6.07 Å². The molecule has 0 unspecified atom stereocenters. The van der Waals surface area contributed by atoms with E-state index in [1.54, 1.807) is 12.1 Å². The molecule has 2 bridgehead atoms. The van der Waals surface area contributed by atoms with Crippen LogP contribution in [0.15, 0.2) is 22.8 Å². The Morgan fingerprint density at radius 3 is 2.63 bits per heavy atom. The van der Waals surface area contributed by atoms with Crippen molar-refractivity contribution in [2.45, 2.75) is 44.2 Å². The zero-order chi connectivity index (χ0) is 12.8. The summed E-state index contributed by atoms with van der Waals surface area (Å²) in [4.78, 5) is 14.8. The van der Waals surface area contributed by atoms with Crippen molar-refractivity contribution < 1.29 is 9.42 Å². The molecule has 0 spiro atoms. The topological polar surface area (TPSA) is 59.2 Å². The lowest BCUT2D eigenvalue weighted by Gasteiger charge is -2.34. The molecule has 0 aliphatic carbocycles. The number of carbonyl (C=O) groups is 1. The van der Waals surface area contributed by atoms with Gasteiger partial charge in [-0.05, 0) is 60.6 Å². The molecule has 1 amide bonds. The number of aromatic nitrogens is 2. The Morgan fingerprint density at radius 2 is 1.84 bits per heavy atom. The average Bonchev–Trinajstić information content (AvgIpc) is 2.99. The van der Waals surface area contributed by atoms with Crippen molar-refractivity contribution in [1.82, 2.24) is 15.2 Å². The van der Waals surface area contributed by atoms with Gasteiger partial charge in [-0.3, -0.25) is 4.79 Å². The van der Waals surface area contributed by atoms with Crippen molar-refractivity contribution in [3.63, 3.8) is 0 Å². The molecule has 0 N–H and O–H groups in total. The molecule has 0 saturated carbocycles. The zero-order valence-corrected chi connectivity index (χ0v) is 10.6. The van der Waals surface area contributed by atoms with E-state index >= 15 is 0 Å². The molecule has 1 aromatic carbocycles. The summed E-state index contributed by atoms with van der Waals surface area (Å²) in [5, 5.41) is 7.57. The number of hydrogen-bond donors (Lipinski definition) is 0. The number of piperidine rings is 1. The molecule has 1 aromatic heterocycles. The summed E-state index contributed by atoms with van der Waals surface area (Å²) in [6.45, 7) is 0. The van der Waals surface area contributed by atoms with E-state index in [9.17, 15) is 4.79 Å². The molecule has 2 fully saturated rings. The van der Waals surface area contributed by atoms with Gasteiger partial charge in [0.2, 0.25) is 0 Å². The van der Waals surface area contributed by atoms with E-state index in [0.717, 1.165) is 25.7 Å². The van der Waals surface area contributed by atoms with E-state index in [-0.39, 0.29) is 5.91 Å². The monoisotopic (exact) mass is 257 g/mol. The molecule has 5 heteroatoms. The summed E-state index contributed by atoms with van der Waals surface area (Å²) >= 11 is 0. The third-order valence-electron chi connectivity index (χ3n) is 4.43. The molecule has 4 rings (SSSR count). The van der Waals surface area contributed by atoms with E-state index in [0.29, 0.717) is 28.7 Å². The number of amides is 1. The molecule has 19 heavy (non-hydrogen) atoms. The summed E-state index contributed by atoms with van der Waals surface area (Å²) < 4.78 is 4.67. The van der Waals surface area contributed by atoms with Crippen molar-refractivity contribution in [3.05, 3.63) is 23.8 Å². The van der Waals surface area contributed by atoms with Gasteiger partial charge < -0.3 is 4.90 Å². The number of carbonyl (C=O) groups excluding carboxylic acids is 1. The Bertz CT molecular complexity index is 620. The van der Waals surface area contributed by atoms with Crippen LogP contribution in [0, 0.1) is 0 Å². The van der Waals surface area contributed by atoms with Crippen LogP contribution in [-0.4, -0.2) is 33.2 Å². The maximum Gasteiger partial charge on any atom is 0.254 e. The molecule has 2 atom stereocenters. The van der Waals surface area contributed by atoms with Crippen LogP contribution in [0.2, 0.25) is 0 Å². The zero-order valence-electron chi connectivity index (χ0n) is 10.6. The first-order valence-corrected chi connectivity index (χ1v) is 6.88. The molecule has 0 radical (unpaired) electrons. The second-order valence-electron chi connectivity index (χ2n) is 5.50. The second-order valence-corrected chi connectivity index (χ2v) is 5.50. The van der Waals surface area contributed by atoms with Crippen molar-refractivity contribution in [2.24, 2.45) is 0 Å². The lowest BCUT2D eigenvalue weighted by atomic mass is 10.0. The van der Waals surface area contributed by atoms with Gasteiger partial charge in [-0.2, -0.15) is 0 Å². The van der Waals surface area contributed by atoms with Gasteiger partial charge in [-0.1, -0.05) is 0 Å². The smallest absolute Gasteiger partial charge is 0.254 e. The van der Waals surface area contributed by atoms with Gasteiger partial charge in [0.15, 0.2) is 0 Å². The predicted molar refractivity (Wildman–Crippen MR) is 68.6 cm³/mol. The van der Waals surface area contributed by atoms with Gasteiger partial charge in [0.05, 0.1) is 0 Å². The van der Waals surface area contributed by atoms with Gasteiger partial charge in [-0.25, -0.2) is 4.63 Å². The van der Waals surface area contributed by atoms with Gasteiger partial charge >= 0.3 is 0 Å². The van der Waals surface area contributed by atoms with Crippen LogP contribution in [0.4, 0.5) is 0 Å². The SMILES string of the molecule is O=C(c1ccc2nonc2c1)N1[C@@H]2CCC[C@H]1CC2. The van der Waals surface area contributed by atoms with Gasteiger partial charge in [-0.15, -0.1) is 0 Å². The molecule has 3 heterocycles. The fourth-order valence-corrected chi connectivity index (χ4v) is 3.51. The van der Waals surface area contributed by atoms with Gasteiger partial charge in [0.1, 0.15) is 11.0 Å². The number of rotatable bonds is 1. The Hall–Kier alpha value is -1.91. The highest BCUT2D eigenvalue weighted by atomic mass is 16.6. The molecular formula is C14H15N3O2. The first kappa shape index (κ1) is 11.0. The van der Waals surface area contributed by atoms with Gasteiger partial charge in [0, 0.05) is 17.6 Å². The molecular weight excluding hydrogens is 242 g/mol. The Morgan fingerprint density at radius 1 is 1.11 bits per heavy atom. The van der Waals surface area contributed by atoms with Crippen LogP contribution >= 0.6 is 0 Å². The third kappa shape index (κ3) is 1.64. The fraction of sp³-hybridized carbons (Fsp3) is 0.500. The summed E-state index contributed by atoms with van der Waals surface area (Å²) in [6.07, 6.45) is 5.87. The van der Waals surface area contributed by atoms with E-state index < -0.39 is 0 Å². The summed E-state index contributed by atoms with van der Waals surface area (Å²) in [5.74, 6) is 0.136. The molecule has 2 aliphatic rings. The van der Waals surface area contributed by atoms with E-state index in [2.05, 4.69) is 19.8 Å². The lowest BCUT2D eigenvalue weighted by Crippen LogP contribution is -2.43. The Balaban J connectivity index is 1.69. The fourth-order valence-electron chi connectivity index (χ4n) is 3.51. The molecule has 2 aromatic rings. The minimum absolute atomic E-state index is 0.136. The van der Waals surface area contributed by atoms with Gasteiger partial charge in [0.25, 0.3) is 5.91 Å². The Kier molecular flexibility index (Phi) is 2.33. The number of fused-ring (bicyclic) bond motifs is 3. The standard InChI is InChI=1S/C14H15N3O2/c18-14(17-10-2-1-3-11(17)6-5-10)9-4-7-12-13(8-9)16-19-15-12/h4,7-8,10-11H,1-3,5-6H2/t10-,11+. The van der Waals surface area contributed by atoms with Crippen LogP contribution in [-0.2, 0) is 0 Å². The quantitative estimate of drug-likeness (QED) is 0.787. The van der Waals surface area contributed by atoms with Crippen LogP contribution < -0.4 is 0 Å². The van der Waals surface area contributed by atoms with Crippen molar-refractivity contribution >= 4 is 16.9 Å². The molecule has 2 saturated heterocycles. The minimum atomic E-state index is 0.136. The highest BCUT2D eigenvalue weighted by Crippen LogP contribution is 2.36. The van der Waals surface area contributed by atoms with Crippen LogP contribution in [0.3, 0.4) is 0 Å². The molecule has 98 valence electrons. The number of nitrogens with zero attached hydrogens (tertiary/aromatic N) is 3. The highest BCUT2D eigenvalue weighted by Gasteiger charge is 2.39. The molecule has 2 aliphatic heterocycles. The maximum absolute atomic E-state index is 12.7. The average molecular weight is 257 g/mol. The summed E-state index contributed by atoms with van der Waals surface area (Å²) in [7, 11) is 0. The van der Waals surface area contributed by atoms with Crippen LogP contribution in [0.1, 0.15) is 42.5 Å². The van der Waals surface area contributed by atoms with Crippen LogP contribution in [0.5, 0.6) is 0 Å². The number of benzene rings is 1. The lowest BCUT2D eigenvalue weighted by molar-refractivity contribution is 0.0595. The molecule has 5 nitrogen and oxygen atoms in total. The van der Waals surface area contributed by atoms with E-state index in [1.165, 1.54) is 6.42 Å². The highest BCUT2D eigenvalue weighted by molar-refractivity contribution is 5.97. The second kappa shape index (κ2) is 4.05. The predicted octanol–water partition coefficient (Wildman–Crippen LogP) is 2.38. The first-order valence-electron chi connectivity index (χ1n) is 6.88. The first-order chi connectivity index (χ1) is 9.33. The summed E-state index contributed by atoms with van der Waals surface area (Å²) in [5.41, 5.74) is 2.04. The Labute approximate surface area is 110 Å². The largest absolute Gasteiger partial charge is 0.333 e. The van der Waals surface area contributed by atoms with Crippen molar-refractivity contribution in [2.75, 3.05) is 0 Å². The number of hydrogen-bond acceptors (Lipinski definition) is 4. The maximum atomic E-state index is 12.7.